The second-order valence-corrected chi connectivity index (χ2v) is 4.19. The summed E-state index contributed by atoms with van der Waals surface area (Å²) in [7, 11) is 3.00. The summed E-state index contributed by atoms with van der Waals surface area (Å²) in [5.74, 6) is -0.187. The van der Waals surface area contributed by atoms with Gasteiger partial charge in [-0.25, -0.2) is 0 Å². The van der Waals surface area contributed by atoms with Gasteiger partial charge in [-0.2, -0.15) is 0 Å². The Bertz CT molecular complexity index is 490. The third-order valence-electron chi connectivity index (χ3n) is 2.64. The first kappa shape index (κ1) is 15.7. The van der Waals surface area contributed by atoms with Gasteiger partial charge in [-0.3, -0.25) is 14.9 Å². The molecule has 0 fully saturated rings. The average Bonchev–Trinajstić information content (AvgIpc) is 2.44. The maximum absolute atomic E-state index is 11.2. The van der Waals surface area contributed by atoms with Gasteiger partial charge in [0.1, 0.15) is 6.54 Å². The summed E-state index contributed by atoms with van der Waals surface area (Å²) in [5.41, 5.74) is 0.556. The van der Waals surface area contributed by atoms with Gasteiger partial charge in [0.05, 0.1) is 18.6 Å². The summed E-state index contributed by atoms with van der Waals surface area (Å²) >= 11 is 0. The zero-order chi connectivity index (χ0) is 15.1. The minimum atomic E-state index is -0.491. The molecule has 0 unspecified atom stereocenters. The van der Waals surface area contributed by atoms with Gasteiger partial charge in [0.2, 0.25) is 0 Å². The van der Waals surface area contributed by atoms with Crippen LogP contribution >= 0.6 is 0 Å². The van der Waals surface area contributed by atoms with Gasteiger partial charge in [0.15, 0.2) is 5.75 Å². The highest BCUT2D eigenvalue weighted by atomic mass is 16.6. The van der Waals surface area contributed by atoms with Crippen molar-refractivity contribution in [3.05, 3.63) is 28.3 Å². The Balaban J connectivity index is 2.98. The topological polar surface area (TPSA) is 81.9 Å². The molecule has 0 aliphatic heterocycles. The van der Waals surface area contributed by atoms with Crippen LogP contribution in [-0.4, -0.2) is 38.2 Å². The molecular formula is C13H18N2O5. The summed E-state index contributed by atoms with van der Waals surface area (Å²) in [6.45, 7) is 2.37. The van der Waals surface area contributed by atoms with E-state index in [1.165, 1.54) is 13.2 Å². The molecule has 0 saturated carbocycles. The van der Waals surface area contributed by atoms with Crippen molar-refractivity contribution in [2.24, 2.45) is 0 Å². The van der Waals surface area contributed by atoms with Crippen molar-refractivity contribution in [2.45, 2.75) is 13.3 Å². The highest BCUT2D eigenvalue weighted by Crippen LogP contribution is 2.31. The van der Waals surface area contributed by atoms with Crippen LogP contribution in [0.1, 0.15) is 13.3 Å². The van der Waals surface area contributed by atoms with Crippen LogP contribution in [0.2, 0.25) is 0 Å². The highest BCUT2D eigenvalue weighted by molar-refractivity contribution is 5.76. The van der Waals surface area contributed by atoms with Crippen LogP contribution < -0.4 is 9.64 Å². The van der Waals surface area contributed by atoms with Gasteiger partial charge in [-0.15, -0.1) is 0 Å². The van der Waals surface area contributed by atoms with Crippen molar-refractivity contribution in [3.8, 4) is 5.75 Å². The number of nitrogens with zero attached hydrogens (tertiary/aromatic N) is 2. The zero-order valence-corrected chi connectivity index (χ0v) is 11.8. The van der Waals surface area contributed by atoms with Crippen LogP contribution in [0, 0.1) is 10.1 Å². The predicted molar refractivity (Wildman–Crippen MR) is 74.2 cm³/mol. The van der Waals surface area contributed by atoms with E-state index in [0.717, 1.165) is 6.42 Å². The van der Waals surface area contributed by atoms with Crippen LogP contribution in [0.3, 0.4) is 0 Å². The van der Waals surface area contributed by atoms with E-state index < -0.39 is 4.92 Å². The molecule has 0 radical (unpaired) electrons. The van der Waals surface area contributed by atoms with Crippen LogP contribution in [0.15, 0.2) is 18.2 Å². The minimum absolute atomic E-state index is 0.0571. The number of carbonyl (C=O) groups excluding carboxylic acids is 1. The van der Waals surface area contributed by atoms with Crippen LogP contribution in [0.25, 0.3) is 0 Å². The number of esters is 1. The first-order valence-corrected chi connectivity index (χ1v) is 6.18. The quantitative estimate of drug-likeness (QED) is 0.432. The molecule has 1 rings (SSSR count). The molecule has 0 saturated heterocycles. The van der Waals surface area contributed by atoms with E-state index in [9.17, 15) is 14.9 Å². The standard InChI is InChI=1S/C13H18N2O5/c1-4-7-20-12-8-10(5-6-11(12)15(17)18)14(2)9-13(16)19-3/h5-6,8H,4,7,9H2,1-3H3. The van der Waals surface area contributed by atoms with Crippen molar-refractivity contribution >= 4 is 17.3 Å². The number of nitro benzene ring substituents is 1. The van der Waals surface area contributed by atoms with Gasteiger partial charge in [-0.05, 0) is 12.5 Å². The first-order chi connectivity index (χ1) is 9.49. The van der Waals surface area contributed by atoms with E-state index in [2.05, 4.69) is 4.74 Å². The number of rotatable bonds is 7. The maximum atomic E-state index is 11.2. The summed E-state index contributed by atoms with van der Waals surface area (Å²) in [6.07, 6.45) is 0.749. The Morgan fingerprint density at radius 3 is 2.70 bits per heavy atom. The average molecular weight is 282 g/mol. The molecule has 0 amide bonds. The SMILES string of the molecule is CCCOc1cc(N(C)CC(=O)OC)ccc1[N+](=O)[O-]. The van der Waals surface area contributed by atoms with Crippen molar-refractivity contribution in [3.63, 3.8) is 0 Å². The number of likely N-dealkylation sites (N-methyl/N-ethyl adjacent to an activating group) is 1. The lowest BCUT2D eigenvalue weighted by Crippen LogP contribution is -2.26. The van der Waals surface area contributed by atoms with E-state index in [4.69, 9.17) is 4.74 Å². The fourth-order valence-corrected chi connectivity index (χ4v) is 1.57. The monoisotopic (exact) mass is 282 g/mol. The summed E-state index contributed by atoms with van der Waals surface area (Å²) in [5, 5.41) is 10.9. The van der Waals surface area contributed by atoms with Gasteiger partial charge in [0.25, 0.3) is 0 Å². The number of hydrogen-bond donors (Lipinski definition) is 0. The van der Waals surface area contributed by atoms with Crippen molar-refractivity contribution < 1.29 is 19.2 Å². The van der Waals surface area contributed by atoms with Crippen LogP contribution in [0.4, 0.5) is 11.4 Å². The van der Waals surface area contributed by atoms with Gasteiger partial charge < -0.3 is 14.4 Å². The fourth-order valence-electron chi connectivity index (χ4n) is 1.57. The van der Waals surface area contributed by atoms with E-state index in [0.29, 0.717) is 12.3 Å². The smallest absolute Gasteiger partial charge is 0.325 e. The number of carbonyl (C=O) groups is 1. The summed E-state index contributed by atoms with van der Waals surface area (Å²) in [6, 6.07) is 4.49. The first-order valence-electron chi connectivity index (χ1n) is 6.18. The Kier molecular flexibility index (Phi) is 5.76. The van der Waals surface area contributed by atoms with Crippen LogP contribution in [0.5, 0.6) is 5.75 Å². The predicted octanol–water partition coefficient (Wildman–Crippen LogP) is 1.99. The molecule has 1 aromatic carbocycles. The normalized spacial score (nSPS) is 9.95. The molecule has 0 heterocycles. The van der Waals surface area contributed by atoms with E-state index in [-0.39, 0.29) is 24.0 Å². The Morgan fingerprint density at radius 1 is 1.45 bits per heavy atom. The lowest BCUT2D eigenvalue weighted by atomic mass is 10.2. The summed E-state index contributed by atoms with van der Waals surface area (Å²) < 4.78 is 9.96. The molecule has 0 aliphatic rings. The molecular weight excluding hydrogens is 264 g/mol. The zero-order valence-electron chi connectivity index (χ0n) is 11.8. The molecule has 110 valence electrons. The number of anilines is 1. The van der Waals surface area contributed by atoms with Gasteiger partial charge >= 0.3 is 11.7 Å². The third-order valence-corrected chi connectivity index (χ3v) is 2.64. The number of hydrogen-bond acceptors (Lipinski definition) is 6. The maximum Gasteiger partial charge on any atom is 0.325 e. The number of nitro groups is 1. The molecule has 7 nitrogen and oxygen atoms in total. The Morgan fingerprint density at radius 2 is 2.15 bits per heavy atom. The van der Waals surface area contributed by atoms with Crippen LogP contribution in [-0.2, 0) is 9.53 Å². The summed E-state index contributed by atoms with van der Waals surface area (Å²) in [4.78, 5) is 23.3. The fraction of sp³-hybridized carbons (Fsp3) is 0.462. The number of benzene rings is 1. The van der Waals surface area contributed by atoms with E-state index in [1.54, 1.807) is 24.1 Å². The lowest BCUT2D eigenvalue weighted by molar-refractivity contribution is -0.385. The molecule has 0 atom stereocenters. The largest absolute Gasteiger partial charge is 0.487 e. The number of ether oxygens (including phenoxy) is 2. The minimum Gasteiger partial charge on any atom is -0.487 e. The van der Waals surface area contributed by atoms with Crippen molar-refractivity contribution in [2.75, 3.05) is 32.2 Å². The second kappa shape index (κ2) is 7.32. The van der Waals surface area contributed by atoms with Crippen molar-refractivity contribution in [1.29, 1.82) is 0 Å². The van der Waals surface area contributed by atoms with Crippen molar-refractivity contribution in [1.82, 2.24) is 0 Å². The molecule has 20 heavy (non-hydrogen) atoms. The van der Waals surface area contributed by atoms with E-state index >= 15 is 0 Å². The Labute approximate surface area is 117 Å². The molecule has 0 bridgehead atoms. The molecule has 1 aromatic rings. The molecule has 0 aromatic heterocycles. The highest BCUT2D eigenvalue weighted by Gasteiger charge is 2.17. The van der Waals surface area contributed by atoms with E-state index in [1.807, 2.05) is 6.92 Å². The molecule has 0 aliphatic carbocycles. The second-order valence-electron chi connectivity index (χ2n) is 4.19. The lowest BCUT2D eigenvalue weighted by Gasteiger charge is -2.18. The third kappa shape index (κ3) is 4.11. The Hall–Kier alpha value is -2.31. The molecule has 0 spiro atoms. The molecule has 7 heteroatoms. The molecule has 0 N–H and O–H groups in total. The number of methoxy groups -OCH3 is 1. The van der Waals surface area contributed by atoms with Gasteiger partial charge in [0, 0.05) is 24.9 Å². The van der Waals surface area contributed by atoms with Gasteiger partial charge in [-0.1, -0.05) is 6.92 Å².